The molecular weight excluding hydrogens is 286 g/mol. The number of hydrogen-bond acceptors (Lipinski definition) is 2. The summed E-state index contributed by atoms with van der Waals surface area (Å²) in [5.41, 5.74) is 5.25. The Kier molecular flexibility index (Phi) is 4.35. The molecular formula is C17H18ClNO2. The van der Waals surface area contributed by atoms with Gasteiger partial charge in [0.05, 0.1) is 0 Å². The highest BCUT2D eigenvalue weighted by molar-refractivity contribution is 6.32. The zero-order valence-electron chi connectivity index (χ0n) is 12.0. The van der Waals surface area contributed by atoms with Crippen LogP contribution in [0.2, 0.25) is 5.02 Å². The molecule has 0 aliphatic carbocycles. The molecule has 0 radical (unpaired) electrons. The van der Waals surface area contributed by atoms with Crippen molar-refractivity contribution in [1.29, 1.82) is 0 Å². The Morgan fingerprint density at radius 2 is 1.81 bits per heavy atom. The van der Waals surface area contributed by atoms with E-state index in [0.717, 1.165) is 5.56 Å². The highest BCUT2D eigenvalue weighted by atomic mass is 35.5. The maximum atomic E-state index is 11.9. The highest BCUT2D eigenvalue weighted by Crippen LogP contribution is 2.35. The molecule has 0 spiro atoms. The minimum absolute atomic E-state index is 0.298. The first-order chi connectivity index (χ1) is 9.87. The van der Waals surface area contributed by atoms with Crippen LogP contribution in [-0.4, -0.2) is 11.0 Å². The minimum atomic E-state index is -1.94. The van der Waals surface area contributed by atoms with Crippen LogP contribution in [0.1, 0.15) is 36.5 Å². The van der Waals surface area contributed by atoms with Crippen LogP contribution in [-0.2, 0) is 10.4 Å². The Morgan fingerprint density at radius 1 is 1.19 bits per heavy atom. The van der Waals surface area contributed by atoms with Gasteiger partial charge >= 0.3 is 0 Å². The van der Waals surface area contributed by atoms with Gasteiger partial charge in [-0.15, -0.1) is 0 Å². The Bertz CT molecular complexity index is 655. The third-order valence-electron chi connectivity index (χ3n) is 3.60. The molecule has 0 fully saturated rings. The van der Waals surface area contributed by atoms with Crippen molar-refractivity contribution in [3.8, 4) is 0 Å². The molecule has 0 heterocycles. The largest absolute Gasteiger partial charge is 0.372 e. The molecule has 0 aliphatic rings. The molecule has 0 aliphatic heterocycles. The van der Waals surface area contributed by atoms with Crippen molar-refractivity contribution in [2.24, 2.45) is 5.73 Å². The zero-order valence-corrected chi connectivity index (χ0v) is 12.8. The van der Waals surface area contributed by atoms with Crippen LogP contribution in [0.4, 0.5) is 0 Å². The van der Waals surface area contributed by atoms with Crippen LogP contribution >= 0.6 is 11.6 Å². The van der Waals surface area contributed by atoms with Crippen LogP contribution in [0.3, 0.4) is 0 Å². The van der Waals surface area contributed by atoms with E-state index < -0.39 is 11.5 Å². The number of nitrogens with two attached hydrogens (primary N) is 1. The number of aliphatic hydroxyl groups is 1. The molecule has 3 N–H and O–H groups in total. The standard InChI is InChI=1S/C17H18ClNO2/c1-11(2)12-8-9-14(15(18)10-12)17(21,16(19)20)13-6-4-3-5-7-13/h3-11,21H,1-2H3,(H2,19,20). The van der Waals surface area contributed by atoms with E-state index in [1.54, 1.807) is 42.5 Å². The van der Waals surface area contributed by atoms with Gasteiger partial charge in [0.15, 0.2) is 5.60 Å². The second kappa shape index (κ2) is 5.88. The summed E-state index contributed by atoms with van der Waals surface area (Å²) in [4.78, 5) is 11.9. The van der Waals surface area contributed by atoms with E-state index in [1.165, 1.54) is 0 Å². The van der Waals surface area contributed by atoms with E-state index in [0.29, 0.717) is 22.1 Å². The van der Waals surface area contributed by atoms with Crippen LogP contribution in [0.15, 0.2) is 48.5 Å². The lowest BCUT2D eigenvalue weighted by atomic mass is 9.84. The molecule has 0 aromatic heterocycles. The van der Waals surface area contributed by atoms with E-state index in [-0.39, 0.29) is 0 Å². The number of carbonyl (C=O) groups is 1. The molecule has 2 rings (SSSR count). The number of carbonyl (C=O) groups excluding carboxylic acids is 1. The van der Waals surface area contributed by atoms with Crippen LogP contribution < -0.4 is 5.73 Å². The fraction of sp³-hybridized carbons (Fsp3) is 0.235. The first-order valence-electron chi connectivity index (χ1n) is 6.75. The second-order valence-corrected chi connectivity index (χ2v) is 5.74. The van der Waals surface area contributed by atoms with Crippen molar-refractivity contribution in [1.82, 2.24) is 0 Å². The molecule has 1 atom stereocenters. The topological polar surface area (TPSA) is 63.3 Å². The molecule has 1 amide bonds. The molecule has 0 saturated carbocycles. The summed E-state index contributed by atoms with van der Waals surface area (Å²) in [6, 6.07) is 13.8. The van der Waals surface area contributed by atoms with Crippen molar-refractivity contribution < 1.29 is 9.90 Å². The Morgan fingerprint density at radius 3 is 2.29 bits per heavy atom. The van der Waals surface area contributed by atoms with Gasteiger partial charge in [0.25, 0.3) is 5.91 Å². The lowest BCUT2D eigenvalue weighted by Gasteiger charge is -2.27. The molecule has 3 nitrogen and oxygen atoms in total. The summed E-state index contributed by atoms with van der Waals surface area (Å²) in [5, 5.41) is 11.2. The van der Waals surface area contributed by atoms with Gasteiger partial charge in [-0.05, 0) is 23.1 Å². The first kappa shape index (κ1) is 15.5. The van der Waals surface area contributed by atoms with Crippen molar-refractivity contribution >= 4 is 17.5 Å². The summed E-state index contributed by atoms with van der Waals surface area (Å²) in [6.45, 7) is 4.09. The van der Waals surface area contributed by atoms with Gasteiger partial charge in [-0.25, -0.2) is 0 Å². The first-order valence-corrected chi connectivity index (χ1v) is 7.13. The Labute approximate surface area is 129 Å². The average Bonchev–Trinajstić information content (AvgIpc) is 2.47. The van der Waals surface area contributed by atoms with Crippen LogP contribution in [0, 0.1) is 0 Å². The van der Waals surface area contributed by atoms with Gasteiger partial charge in [0, 0.05) is 10.6 Å². The van der Waals surface area contributed by atoms with Gasteiger partial charge in [-0.1, -0.05) is 67.9 Å². The molecule has 1 unspecified atom stereocenters. The third kappa shape index (κ3) is 2.80. The van der Waals surface area contributed by atoms with E-state index in [9.17, 15) is 9.90 Å². The monoisotopic (exact) mass is 303 g/mol. The lowest BCUT2D eigenvalue weighted by Crippen LogP contribution is -2.42. The maximum absolute atomic E-state index is 11.9. The van der Waals surface area contributed by atoms with Gasteiger partial charge in [-0.3, -0.25) is 4.79 Å². The predicted octanol–water partition coefficient (Wildman–Crippen LogP) is 3.18. The maximum Gasteiger partial charge on any atom is 0.258 e. The van der Waals surface area contributed by atoms with E-state index in [2.05, 4.69) is 0 Å². The number of primary amides is 1. The summed E-state index contributed by atoms with van der Waals surface area (Å²) in [6.07, 6.45) is 0. The van der Waals surface area contributed by atoms with E-state index in [1.807, 2.05) is 19.9 Å². The molecule has 0 bridgehead atoms. The molecule has 4 heteroatoms. The lowest BCUT2D eigenvalue weighted by molar-refractivity contribution is -0.133. The quantitative estimate of drug-likeness (QED) is 0.911. The summed E-state index contributed by atoms with van der Waals surface area (Å²) in [5.74, 6) is -0.553. The van der Waals surface area contributed by atoms with Crippen molar-refractivity contribution in [3.05, 3.63) is 70.2 Å². The van der Waals surface area contributed by atoms with Gasteiger partial charge in [0.2, 0.25) is 0 Å². The fourth-order valence-corrected chi connectivity index (χ4v) is 2.62. The fourth-order valence-electron chi connectivity index (χ4n) is 2.29. The number of halogens is 1. The van der Waals surface area contributed by atoms with Gasteiger partial charge in [-0.2, -0.15) is 0 Å². The average molecular weight is 304 g/mol. The molecule has 0 saturated heterocycles. The highest BCUT2D eigenvalue weighted by Gasteiger charge is 2.39. The van der Waals surface area contributed by atoms with Crippen molar-refractivity contribution in [2.45, 2.75) is 25.4 Å². The summed E-state index contributed by atoms with van der Waals surface area (Å²) in [7, 11) is 0. The third-order valence-corrected chi connectivity index (χ3v) is 3.91. The van der Waals surface area contributed by atoms with Gasteiger partial charge in [0.1, 0.15) is 0 Å². The Hall–Kier alpha value is -1.84. The van der Waals surface area contributed by atoms with Crippen molar-refractivity contribution in [3.63, 3.8) is 0 Å². The number of rotatable bonds is 4. The molecule has 110 valence electrons. The van der Waals surface area contributed by atoms with Crippen LogP contribution in [0.5, 0.6) is 0 Å². The second-order valence-electron chi connectivity index (χ2n) is 5.33. The normalized spacial score (nSPS) is 14.0. The predicted molar refractivity (Wildman–Crippen MR) is 84.2 cm³/mol. The minimum Gasteiger partial charge on any atom is -0.372 e. The number of amides is 1. The Balaban J connectivity index is 2.62. The number of benzene rings is 2. The molecule has 2 aromatic rings. The van der Waals surface area contributed by atoms with Crippen molar-refractivity contribution in [2.75, 3.05) is 0 Å². The van der Waals surface area contributed by atoms with E-state index >= 15 is 0 Å². The van der Waals surface area contributed by atoms with Crippen LogP contribution in [0.25, 0.3) is 0 Å². The zero-order chi connectivity index (χ0) is 15.6. The smallest absolute Gasteiger partial charge is 0.258 e. The van der Waals surface area contributed by atoms with E-state index in [4.69, 9.17) is 17.3 Å². The molecule has 21 heavy (non-hydrogen) atoms. The summed E-state index contributed by atoms with van der Waals surface area (Å²) < 4.78 is 0. The summed E-state index contributed by atoms with van der Waals surface area (Å²) >= 11 is 6.28. The SMILES string of the molecule is CC(C)c1ccc(C(O)(C(N)=O)c2ccccc2)c(Cl)c1. The molecule has 2 aromatic carbocycles. The number of hydrogen-bond donors (Lipinski definition) is 2. The van der Waals surface area contributed by atoms with Gasteiger partial charge < -0.3 is 10.8 Å².